The van der Waals surface area contributed by atoms with Gasteiger partial charge in [-0.15, -0.1) is 0 Å². The van der Waals surface area contributed by atoms with Crippen LogP contribution in [0.5, 0.6) is 5.75 Å². The largest absolute Gasteiger partial charge is 0.491 e. The van der Waals surface area contributed by atoms with E-state index in [0.717, 1.165) is 11.3 Å². The highest BCUT2D eigenvalue weighted by atomic mass is 16.5. The molecule has 1 amide bonds. The Bertz CT molecular complexity index is 358. The first-order valence-electron chi connectivity index (χ1n) is 5.70. The molecule has 0 heterocycles. The molecule has 0 spiro atoms. The molecule has 1 rings (SSSR count). The van der Waals surface area contributed by atoms with Crippen LogP contribution in [0.4, 0.5) is 0 Å². The maximum atomic E-state index is 11.5. The van der Waals surface area contributed by atoms with Gasteiger partial charge in [0.2, 0.25) is 5.91 Å². The highest BCUT2D eigenvalue weighted by Gasteiger charge is 2.04. The van der Waals surface area contributed by atoms with Crippen LogP contribution in [0, 0.1) is 0 Å². The molecule has 0 atom stereocenters. The number of ether oxygens (including phenoxy) is 1. The van der Waals surface area contributed by atoms with Crippen molar-refractivity contribution in [1.82, 2.24) is 10.4 Å². The van der Waals surface area contributed by atoms with Crippen LogP contribution in [0.3, 0.4) is 0 Å². The van der Waals surface area contributed by atoms with Gasteiger partial charge in [-0.05, 0) is 31.5 Å². The monoisotopic (exact) mass is 236 g/mol. The Morgan fingerprint density at radius 2 is 1.88 bits per heavy atom. The van der Waals surface area contributed by atoms with Gasteiger partial charge < -0.3 is 4.74 Å². The van der Waals surface area contributed by atoms with E-state index in [-0.39, 0.29) is 12.0 Å². The van der Waals surface area contributed by atoms with Crippen molar-refractivity contribution in [2.75, 3.05) is 14.1 Å². The molecule has 0 aliphatic carbocycles. The van der Waals surface area contributed by atoms with Gasteiger partial charge >= 0.3 is 0 Å². The number of carbonyl (C=O) groups excluding carboxylic acids is 1. The zero-order valence-electron chi connectivity index (χ0n) is 10.9. The summed E-state index contributed by atoms with van der Waals surface area (Å²) < 4.78 is 5.53. The Morgan fingerprint density at radius 1 is 1.29 bits per heavy atom. The number of carbonyl (C=O) groups is 1. The van der Waals surface area contributed by atoms with Crippen LogP contribution in [0.1, 0.15) is 19.4 Å². The summed E-state index contributed by atoms with van der Waals surface area (Å²) in [6, 6.07) is 7.59. The zero-order valence-corrected chi connectivity index (χ0v) is 10.9. The molecule has 0 aliphatic rings. The summed E-state index contributed by atoms with van der Waals surface area (Å²) >= 11 is 0. The minimum Gasteiger partial charge on any atom is -0.491 e. The Hall–Kier alpha value is -1.55. The van der Waals surface area contributed by atoms with Crippen LogP contribution in [-0.2, 0) is 11.2 Å². The third-order valence-corrected chi connectivity index (χ3v) is 2.01. The van der Waals surface area contributed by atoms with E-state index in [1.165, 1.54) is 0 Å². The molecule has 0 radical (unpaired) electrons. The summed E-state index contributed by atoms with van der Waals surface area (Å²) in [5.41, 5.74) is 3.67. The van der Waals surface area contributed by atoms with Crippen molar-refractivity contribution < 1.29 is 9.53 Å². The summed E-state index contributed by atoms with van der Waals surface area (Å²) in [5.74, 6) is 0.810. The lowest BCUT2D eigenvalue weighted by Gasteiger charge is -2.12. The van der Waals surface area contributed by atoms with Crippen LogP contribution in [0.2, 0.25) is 0 Å². The number of hydrazine groups is 1. The molecule has 1 aromatic rings. The van der Waals surface area contributed by atoms with Gasteiger partial charge in [0.15, 0.2) is 0 Å². The molecule has 0 fully saturated rings. The quantitative estimate of drug-likeness (QED) is 0.790. The summed E-state index contributed by atoms with van der Waals surface area (Å²) in [7, 11) is 3.58. The van der Waals surface area contributed by atoms with Crippen LogP contribution in [0.25, 0.3) is 0 Å². The number of nitrogens with one attached hydrogen (secondary N) is 1. The normalized spacial score (nSPS) is 10.7. The number of nitrogens with zero attached hydrogens (tertiary/aromatic N) is 1. The lowest BCUT2D eigenvalue weighted by atomic mass is 10.1. The molecular formula is C13H20N2O2. The highest BCUT2D eigenvalue weighted by Crippen LogP contribution is 2.14. The van der Waals surface area contributed by atoms with Crippen molar-refractivity contribution in [3.05, 3.63) is 29.8 Å². The average Bonchev–Trinajstić information content (AvgIpc) is 2.18. The van der Waals surface area contributed by atoms with E-state index in [1.807, 2.05) is 38.1 Å². The fourth-order valence-corrected chi connectivity index (χ4v) is 1.43. The first-order valence-corrected chi connectivity index (χ1v) is 5.70. The number of hydrogen-bond donors (Lipinski definition) is 1. The minimum absolute atomic E-state index is 0.0208. The molecule has 0 bridgehead atoms. The maximum Gasteiger partial charge on any atom is 0.238 e. The van der Waals surface area contributed by atoms with E-state index < -0.39 is 0 Å². The van der Waals surface area contributed by atoms with E-state index in [9.17, 15) is 4.79 Å². The third-order valence-electron chi connectivity index (χ3n) is 2.01. The molecule has 0 aromatic heterocycles. The molecule has 1 N–H and O–H groups in total. The van der Waals surface area contributed by atoms with E-state index in [4.69, 9.17) is 4.74 Å². The number of rotatable bonds is 5. The van der Waals surface area contributed by atoms with E-state index >= 15 is 0 Å². The van der Waals surface area contributed by atoms with Crippen LogP contribution < -0.4 is 10.2 Å². The van der Waals surface area contributed by atoms with E-state index in [2.05, 4.69) is 5.43 Å². The van der Waals surface area contributed by atoms with Gasteiger partial charge in [0, 0.05) is 14.1 Å². The fraction of sp³-hybridized carbons (Fsp3) is 0.462. The molecule has 1 aromatic carbocycles. The molecule has 4 heteroatoms. The van der Waals surface area contributed by atoms with Crippen molar-refractivity contribution in [2.24, 2.45) is 0 Å². The van der Waals surface area contributed by atoms with Crippen molar-refractivity contribution in [2.45, 2.75) is 26.4 Å². The molecule has 0 saturated carbocycles. The summed E-state index contributed by atoms with van der Waals surface area (Å²) in [6.07, 6.45) is 0.540. The number of hydrogen-bond acceptors (Lipinski definition) is 3. The topological polar surface area (TPSA) is 41.6 Å². The first kappa shape index (κ1) is 13.5. The van der Waals surface area contributed by atoms with Gasteiger partial charge in [0.1, 0.15) is 5.75 Å². The molecular weight excluding hydrogens is 216 g/mol. The summed E-state index contributed by atoms with van der Waals surface area (Å²) in [6.45, 7) is 3.97. The lowest BCUT2D eigenvalue weighted by molar-refractivity contribution is -0.124. The predicted octanol–water partition coefficient (Wildman–Crippen LogP) is 1.61. The van der Waals surface area contributed by atoms with Crippen molar-refractivity contribution in [3.8, 4) is 5.75 Å². The average molecular weight is 236 g/mol. The Labute approximate surface area is 103 Å². The van der Waals surface area contributed by atoms with Gasteiger partial charge in [-0.25, -0.2) is 5.01 Å². The second-order valence-electron chi connectivity index (χ2n) is 4.42. The molecule has 4 nitrogen and oxygen atoms in total. The summed E-state index contributed by atoms with van der Waals surface area (Å²) in [4.78, 5) is 11.5. The van der Waals surface area contributed by atoms with Gasteiger partial charge in [-0.1, -0.05) is 12.1 Å². The van der Waals surface area contributed by atoms with Gasteiger partial charge in [0.05, 0.1) is 12.5 Å². The Morgan fingerprint density at radius 3 is 2.35 bits per heavy atom. The molecule has 0 unspecified atom stereocenters. The SMILES string of the molecule is CC(C)Oc1ccc(CC(=O)NN(C)C)cc1. The molecule has 0 saturated heterocycles. The van der Waals surface area contributed by atoms with E-state index in [1.54, 1.807) is 19.1 Å². The lowest BCUT2D eigenvalue weighted by Crippen LogP contribution is -2.37. The molecule has 0 aliphatic heterocycles. The van der Waals surface area contributed by atoms with Crippen LogP contribution in [0.15, 0.2) is 24.3 Å². The van der Waals surface area contributed by atoms with Crippen LogP contribution >= 0.6 is 0 Å². The fourth-order valence-electron chi connectivity index (χ4n) is 1.43. The van der Waals surface area contributed by atoms with Gasteiger partial charge in [0.25, 0.3) is 0 Å². The first-order chi connectivity index (χ1) is 7.97. The third kappa shape index (κ3) is 5.36. The second-order valence-corrected chi connectivity index (χ2v) is 4.42. The van der Waals surface area contributed by atoms with Gasteiger partial charge in [-0.2, -0.15) is 0 Å². The van der Waals surface area contributed by atoms with Crippen LogP contribution in [-0.4, -0.2) is 31.1 Å². The smallest absolute Gasteiger partial charge is 0.238 e. The Balaban J connectivity index is 2.53. The molecule has 17 heavy (non-hydrogen) atoms. The Kier molecular flexibility index (Phi) is 4.97. The summed E-state index contributed by atoms with van der Waals surface area (Å²) in [5, 5.41) is 1.64. The number of benzene rings is 1. The predicted molar refractivity (Wildman–Crippen MR) is 67.7 cm³/mol. The maximum absolute atomic E-state index is 11.5. The van der Waals surface area contributed by atoms with Gasteiger partial charge in [-0.3, -0.25) is 10.2 Å². The molecule has 94 valence electrons. The van der Waals surface area contributed by atoms with Crippen molar-refractivity contribution >= 4 is 5.91 Å². The second kappa shape index (κ2) is 6.25. The van der Waals surface area contributed by atoms with Crippen molar-refractivity contribution in [3.63, 3.8) is 0 Å². The number of amides is 1. The van der Waals surface area contributed by atoms with Crippen molar-refractivity contribution in [1.29, 1.82) is 0 Å². The highest BCUT2D eigenvalue weighted by molar-refractivity contribution is 5.78. The standard InChI is InChI=1S/C13H20N2O2/c1-10(2)17-12-7-5-11(6-8-12)9-13(16)14-15(3)4/h5-8,10H,9H2,1-4H3,(H,14,16). The zero-order chi connectivity index (χ0) is 12.8. The minimum atomic E-state index is -0.0208. The van der Waals surface area contributed by atoms with E-state index in [0.29, 0.717) is 6.42 Å².